The van der Waals surface area contributed by atoms with Crippen molar-refractivity contribution in [3.8, 4) is 0 Å². The summed E-state index contributed by atoms with van der Waals surface area (Å²) in [4.78, 5) is 10.9. The number of aliphatic hydroxyl groups excluding tert-OH is 2. The molecule has 1 heterocycles. The van der Waals surface area contributed by atoms with Crippen LogP contribution in [0.15, 0.2) is 0 Å². The fraction of sp³-hybridized carbons (Fsp3) is 0.857. The minimum Gasteiger partial charge on any atom is -0.467 e. The van der Waals surface area contributed by atoms with Crippen LogP contribution in [0.3, 0.4) is 0 Å². The predicted molar refractivity (Wildman–Crippen MR) is 38.4 cm³/mol. The Morgan fingerprint density at radius 3 is 2.83 bits per heavy atom. The molecule has 70 valence electrons. The lowest BCUT2D eigenvalue weighted by Gasteiger charge is -2.09. The highest BCUT2D eigenvalue weighted by molar-refractivity contribution is 5.74. The van der Waals surface area contributed by atoms with E-state index in [1.54, 1.807) is 0 Å². The Labute approximate surface area is 69.9 Å². The molecule has 3 atom stereocenters. The van der Waals surface area contributed by atoms with Crippen LogP contribution in [0.25, 0.3) is 0 Å². The smallest absolute Gasteiger partial charge is 0.335 e. The second-order valence-corrected chi connectivity index (χ2v) is 2.67. The Morgan fingerprint density at radius 2 is 2.42 bits per heavy atom. The molecular weight excluding hydrogens is 164 g/mol. The first-order chi connectivity index (χ1) is 5.69. The Bertz CT molecular complexity index is 169. The molecule has 0 saturated carbocycles. The van der Waals surface area contributed by atoms with Crippen molar-refractivity contribution in [2.24, 2.45) is 0 Å². The zero-order chi connectivity index (χ0) is 9.14. The van der Waals surface area contributed by atoms with Crippen LogP contribution in [-0.2, 0) is 14.3 Å². The third-order valence-corrected chi connectivity index (χ3v) is 1.87. The van der Waals surface area contributed by atoms with Crippen molar-refractivity contribution >= 4 is 5.97 Å². The number of hydrogen-bond acceptors (Lipinski definition) is 5. The summed E-state index contributed by atoms with van der Waals surface area (Å²) >= 11 is 0. The number of ether oxygens (including phenoxy) is 2. The van der Waals surface area contributed by atoms with Gasteiger partial charge in [-0.05, 0) is 0 Å². The lowest BCUT2D eigenvalue weighted by Crippen LogP contribution is -2.25. The van der Waals surface area contributed by atoms with Crippen LogP contribution in [0.5, 0.6) is 0 Å². The summed E-state index contributed by atoms with van der Waals surface area (Å²) in [5, 5.41) is 17.9. The average molecular weight is 176 g/mol. The van der Waals surface area contributed by atoms with Crippen LogP contribution in [0.2, 0.25) is 0 Å². The summed E-state index contributed by atoms with van der Waals surface area (Å²) in [6.45, 7) is -0.283. The second-order valence-electron chi connectivity index (χ2n) is 2.67. The maximum atomic E-state index is 10.9. The Hall–Kier alpha value is -0.650. The van der Waals surface area contributed by atoms with E-state index in [0.29, 0.717) is 0 Å². The van der Waals surface area contributed by atoms with E-state index in [1.165, 1.54) is 7.11 Å². The number of carbonyl (C=O) groups excluding carboxylic acids is 1. The zero-order valence-corrected chi connectivity index (χ0v) is 6.77. The topological polar surface area (TPSA) is 76.0 Å². The summed E-state index contributed by atoms with van der Waals surface area (Å²) in [5.74, 6) is -0.509. The Balaban J connectivity index is 2.48. The number of methoxy groups -OCH3 is 1. The average Bonchev–Trinajstić information content (AvgIpc) is 2.45. The molecule has 0 bridgehead atoms. The molecule has 0 aromatic carbocycles. The zero-order valence-electron chi connectivity index (χ0n) is 6.77. The molecule has 0 aromatic heterocycles. The van der Waals surface area contributed by atoms with Gasteiger partial charge < -0.3 is 19.7 Å². The molecule has 1 rings (SSSR count). The van der Waals surface area contributed by atoms with E-state index in [9.17, 15) is 9.90 Å². The lowest BCUT2D eigenvalue weighted by atomic mass is 10.1. The third kappa shape index (κ3) is 1.74. The summed E-state index contributed by atoms with van der Waals surface area (Å²) < 4.78 is 9.42. The van der Waals surface area contributed by atoms with Crippen LogP contribution < -0.4 is 0 Å². The maximum absolute atomic E-state index is 10.9. The molecule has 1 fully saturated rings. The van der Waals surface area contributed by atoms with E-state index in [1.807, 2.05) is 0 Å². The molecule has 12 heavy (non-hydrogen) atoms. The molecule has 1 saturated heterocycles. The Kier molecular flexibility index (Phi) is 3.02. The van der Waals surface area contributed by atoms with Crippen molar-refractivity contribution in [3.63, 3.8) is 0 Å². The number of rotatable bonds is 2. The van der Waals surface area contributed by atoms with Gasteiger partial charge in [0.25, 0.3) is 0 Å². The van der Waals surface area contributed by atoms with Gasteiger partial charge in [0.15, 0.2) is 6.10 Å². The van der Waals surface area contributed by atoms with Gasteiger partial charge in [-0.15, -0.1) is 0 Å². The van der Waals surface area contributed by atoms with Gasteiger partial charge in [0, 0.05) is 6.42 Å². The standard InChI is InChI=1S/C7H12O5/c1-11-7(10)5-2-4(9)6(3-8)12-5/h4-6,8-9H,2-3H2,1H3/t4-,5+,6-/m0/s1. The molecule has 5 nitrogen and oxygen atoms in total. The van der Waals surface area contributed by atoms with Crippen LogP contribution in [-0.4, -0.2) is 48.2 Å². The third-order valence-electron chi connectivity index (χ3n) is 1.87. The molecule has 1 aliphatic rings. The monoisotopic (exact) mass is 176 g/mol. The van der Waals surface area contributed by atoms with Gasteiger partial charge in [0.05, 0.1) is 19.8 Å². The number of carbonyl (C=O) groups is 1. The summed E-state index contributed by atoms with van der Waals surface area (Å²) in [7, 11) is 1.25. The van der Waals surface area contributed by atoms with Crippen molar-refractivity contribution in [1.82, 2.24) is 0 Å². The molecule has 0 aliphatic carbocycles. The van der Waals surface area contributed by atoms with Crippen LogP contribution in [0, 0.1) is 0 Å². The summed E-state index contributed by atoms with van der Waals surface area (Å²) in [6.07, 6.45) is -1.98. The van der Waals surface area contributed by atoms with Gasteiger partial charge in [-0.2, -0.15) is 0 Å². The molecule has 0 radical (unpaired) electrons. The number of esters is 1. The van der Waals surface area contributed by atoms with Gasteiger partial charge in [-0.1, -0.05) is 0 Å². The van der Waals surface area contributed by atoms with E-state index in [2.05, 4.69) is 4.74 Å². The van der Waals surface area contributed by atoms with Crippen molar-refractivity contribution in [3.05, 3.63) is 0 Å². The first kappa shape index (κ1) is 9.44. The molecule has 0 aromatic rings. The van der Waals surface area contributed by atoms with Gasteiger partial charge in [-0.3, -0.25) is 0 Å². The van der Waals surface area contributed by atoms with Crippen LogP contribution in [0.4, 0.5) is 0 Å². The fourth-order valence-corrected chi connectivity index (χ4v) is 1.18. The van der Waals surface area contributed by atoms with E-state index in [0.717, 1.165) is 0 Å². The SMILES string of the molecule is COC(=O)[C@H]1C[C@H](O)[C@H](CO)O1. The molecule has 2 N–H and O–H groups in total. The quantitative estimate of drug-likeness (QED) is 0.510. The van der Waals surface area contributed by atoms with Gasteiger partial charge in [-0.25, -0.2) is 4.79 Å². The Morgan fingerprint density at radius 1 is 1.75 bits per heavy atom. The molecular formula is C7H12O5. The van der Waals surface area contributed by atoms with Gasteiger partial charge in [0.1, 0.15) is 6.10 Å². The number of aliphatic hydroxyl groups is 2. The lowest BCUT2D eigenvalue weighted by molar-refractivity contribution is -0.154. The largest absolute Gasteiger partial charge is 0.467 e. The normalized spacial score (nSPS) is 35.1. The maximum Gasteiger partial charge on any atom is 0.335 e. The minimum absolute atomic E-state index is 0.192. The van der Waals surface area contributed by atoms with Gasteiger partial charge >= 0.3 is 5.97 Å². The molecule has 0 spiro atoms. The highest BCUT2D eigenvalue weighted by Crippen LogP contribution is 2.20. The van der Waals surface area contributed by atoms with E-state index in [-0.39, 0.29) is 13.0 Å². The van der Waals surface area contributed by atoms with Crippen LogP contribution >= 0.6 is 0 Å². The van der Waals surface area contributed by atoms with Crippen molar-refractivity contribution in [2.45, 2.75) is 24.7 Å². The number of hydrogen-bond donors (Lipinski definition) is 2. The highest BCUT2D eigenvalue weighted by atomic mass is 16.6. The molecule has 5 heteroatoms. The van der Waals surface area contributed by atoms with Crippen molar-refractivity contribution in [2.75, 3.05) is 13.7 Å². The predicted octanol–water partition coefficient (Wildman–Crippen LogP) is -1.33. The first-order valence-corrected chi connectivity index (χ1v) is 3.71. The van der Waals surface area contributed by atoms with E-state index >= 15 is 0 Å². The second kappa shape index (κ2) is 3.84. The highest BCUT2D eigenvalue weighted by Gasteiger charge is 2.37. The molecule has 0 unspecified atom stereocenters. The summed E-state index contributed by atoms with van der Waals surface area (Å²) in [6, 6.07) is 0. The van der Waals surface area contributed by atoms with Crippen LogP contribution in [0.1, 0.15) is 6.42 Å². The van der Waals surface area contributed by atoms with Gasteiger partial charge in [0.2, 0.25) is 0 Å². The van der Waals surface area contributed by atoms with E-state index < -0.39 is 24.3 Å². The first-order valence-electron chi connectivity index (χ1n) is 3.71. The van der Waals surface area contributed by atoms with E-state index in [4.69, 9.17) is 9.84 Å². The minimum atomic E-state index is -0.779. The fourth-order valence-electron chi connectivity index (χ4n) is 1.18. The van der Waals surface area contributed by atoms with Crippen molar-refractivity contribution < 1.29 is 24.5 Å². The molecule has 0 amide bonds. The molecule has 1 aliphatic heterocycles. The summed E-state index contributed by atoms with van der Waals surface area (Å²) in [5.41, 5.74) is 0. The van der Waals surface area contributed by atoms with Crippen molar-refractivity contribution in [1.29, 1.82) is 0 Å².